The van der Waals surface area contributed by atoms with Gasteiger partial charge in [0.05, 0.1) is 11.9 Å². The maximum atomic E-state index is 12.2. The van der Waals surface area contributed by atoms with Gasteiger partial charge in [-0.1, -0.05) is 19.3 Å². The molecule has 0 aliphatic heterocycles. The van der Waals surface area contributed by atoms with Crippen LogP contribution < -0.4 is 16.4 Å². The molecule has 23 heavy (non-hydrogen) atoms. The highest BCUT2D eigenvalue weighted by atomic mass is 35.5. The maximum Gasteiger partial charge on any atom is 0.241 e. The molecule has 0 saturated heterocycles. The molecule has 8 heteroatoms. The van der Waals surface area contributed by atoms with Crippen LogP contribution >= 0.6 is 12.4 Å². The van der Waals surface area contributed by atoms with Crippen LogP contribution in [0.2, 0.25) is 0 Å². The third-order valence-corrected chi connectivity index (χ3v) is 4.38. The van der Waals surface area contributed by atoms with E-state index < -0.39 is 0 Å². The van der Waals surface area contributed by atoms with Gasteiger partial charge < -0.3 is 16.4 Å². The lowest BCUT2D eigenvalue weighted by Gasteiger charge is -2.35. The Balaban J connectivity index is 0.00000264. The predicted octanol–water partition coefficient (Wildman–Crippen LogP) is 1.29. The van der Waals surface area contributed by atoms with Crippen molar-refractivity contribution in [3.05, 3.63) is 12.4 Å². The van der Waals surface area contributed by atoms with Crippen molar-refractivity contribution in [1.29, 1.82) is 0 Å². The Bertz CT molecular complexity index is 526. The van der Waals surface area contributed by atoms with E-state index in [-0.39, 0.29) is 36.2 Å². The van der Waals surface area contributed by atoms with Crippen LogP contribution in [0.15, 0.2) is 12.4 Å². The Morgan fingerprint density at radius 2 is 2.00 bits per heavy atom. The van der Waals surface area contributed by atoms with Gasteiger partial charge in [-0.15, -0.1) is 12.4 Å². The van der Waals surface area contributed by atoms with Crippen LogP contribution in [0.3, 0.4) is 0 Å². The highest BCUT2D eigenvalue weighted by molar-refractivity contribution is 5.91. The Kier molecular flexibility index (Phi) is 7.51. The van der Waals surface area contributed by atoms with Crippen LogP contribution in [-0.4, -0.2) is 35.2 Å². The summed E-state index contributed by atoms with van der Waals surface area (Å²) in [5.41, 5.74) is 6.47. The van der Waals surface area contributed by atoms with Crippen LogP contribution in [0.4, 0.5) is 5.69 Å². The molecule has 130 valence electrons. The second kappa shape index (κ2) is 8.88. The fraction of sp³-hybridized carbons (Fsp3) is 0.667. The summed E-state index contributed by atoms with van der Waals surface area (Å²) >= 11 is 0. The number of aromatic nitrogens is 2. The molecule has 1 saturated carbocycles. The first-order chi connectivity index (χ1) is 10.6. The molecule has 1 aliphatic rings. The molecule has 1 fully saturated rings. The van der Waals surface area contributed by atoms with Crippen molar-refractivity contribution < 1.29 is 9.59 Å². The van der Waals surface area contributed by atoms with Crippen molar-refractivity contribution >= 4 is 29.9 Å². The first kappa shape index (κ1) is 19.4. The minimum Gasteiger partial charge on any atom is -0.358 e. The molecule has 1 aromatic rings. The van der Waals surface area contributed by atoms with Gasteiger partial charge in [0.25, 0.3) is 0 Å². The molecule has 0 atom stereocenters. The van der Waals surface area contributed by atoms with Gasteiger partial charge in [0, 0.05) is 19.7 Å². The van der Waals surface area contributed by atoms with E-state index in [0.29, 0.717) is 18.7 Å². The van der Waals surface area contributed by atoms with Gasteiger partial charge in [0.2, 0.25) is 11.8 Å². The lowest BCUT2D eigenvalue weighted by Crippen LogP contribution is -2.36. The van der Waals surface area contributed by atoms with E-state index >= 15 is 0 Å². The number of amides is 2. The molecule has 0 bridgehead atoms. The summed E-state index contributed by atoms with van der Waals surface area (Å²) in [5.74, 6) is -0.169. The first-order valence-corrected chi connectivity index (χ1v) is 7.80. The third kappa shape index (κ3) is 5.51. The summed E-state index contributed by atoms with van der Waals surface area (Å²) in [6.07, 6.45) is 9.22. The van der Waals surface area contributed by atoms with Gasteiger partial charge in [-0.25, -0.2) is 0 Å². The van der Waals surface area contributed by atoms with Crippen LogP contribution in [0, 0.1) is 5.41 Å². The van der Waals surface area contributed by atoms with E-state index in [1.54, 1.807) is 19.4 Å². The Labute approximate surface area is 142 Å². The van der Waals surface area contributed by atoms with E-state index in [9.17, 15) is 9.59 Å². The van der Waals surface area contributed by atoms with Gasteiger partial charge in [0.15, 0.2) is 0 Å². The Morgan fingerprint density at radius 3 is 2.61 bits per heavy atom. The van der Waals surface area contributed by atoms with Crippen LogP contribution in [-0.2, 0) is 16.1 Å². The SMILES string of the molecule is CNC(=O)Cn1cc(NC(=O)CC2(CN)CCCCC2)cn1.Cl. The van der Waals surface area contributed by atoms with E-state index in [1.165, 1.54) is 11.1 Å². The number of nitrogens with two attached hydrogens (primary N) is 1. The van der Waals surface area contributed by atoms with Crippen molar-refractivity contribution in [2.75, 3.05) is 18.9 Å². The molecular weight excluding hydrogens is 318 g/mol. The summed E-state index contributed by atoms with van der Waals surface area (Å²) in [6.45, 7) is 0.690. The number of halogens is 1. The lowest BCUT2D eigenvalue weighted by molar-refractivity contribution is -0.121. The van der Waals surface area contributed by atoms with E-state index in [1.807, 2.05) is 0 Å². The van der Waals surface area contributed by atoms with Crippen molar-refractivity contribution in [2.45, 2.75) is 45.1 Å². The number of nitrogens with zero attached hydrogens (tertiary/aromatic N) is 2. The van der Waals surface area contributed by atoms with E-state index in [2.05, 4.69) is 15.7 Å². The van der Waals surface area contributed by atoms with Gasteiger partial charge in [-0.2, -0.15) is 5.10 Å². The molecule has 0 unspecified atom stereocenters. The minimum atomic E-state index is -0.134. The lowest BCUT2D eigenvalue weighted by atomic mass is 9.71. The Hall–Kier alpha value is -1.60. The molecule has 0 spiro atoms. The van der Waals surface area contributed by atoms with Gasteiger partial charge in [0.1, 0.15) is 6.54 Å². The zero-order valence-corrected chi connectivity index (χ0v) is 14.3. The van der Waals surface area contributed by atoms with Gasteiger partial charge in [-0.3, -0.25) is 14.3 Å². The van der Waals surface area contributed by atoms with E-state index in [4.69, 9.17) is 5.73 Å². The molecule has 2 amide bonds. The smallest absolute Gasteiger partial charge is 0.241 e. The van der Waals surface area contributed by atoms with Crippen molar-refractivity contribution in [3.63, 3.8) is 0 Å². The maximum absolute atomic E-state index is 12.2. The molecule has 4 N–H and O–H groups in total. The number of carbonyl (C=O) groups excluding carboxylic acids is 2. The quantitative estimate of drug-likeness (QED) is 0.724. The summed E-state index contributed by atoms with van der Waals surface area (Å²) < 4.78 is 1.49. The molecule has 1 aliphatic carbocycles. The number of hydrogen-bond acceptors (Lipinski definition) is 4. The standard InChI is InChI=1S/C15H25N5O2.ClH/c1-17-14(22)10-20-9-12(8-18-20)19-13(21)7-15(11-16)5-3-2-4-6-15;/h8-9H,2-7,10-11,16H2,1H3,(H,17,22)(H,19,21);1H. The van der Waals surface area contributed by atoms with Crippen molar-refractivity contribution in [2.24, 2.45) is 11.1 Å². The second-order valence-electron chi connectivity index (χ2n) is 6.09. The summed E-state index contributed by atoms with van der Waals surface area (Å²) in [5, 5.41) is 9.44. The van der Waals surface area contributed by atoms with Crippen molar-refractivity contribution in [3.8, 4) is 0 Å². The normalized spacial score (nSPS) is 16.3. The summed E-state index contributed by atoms with van der Waals surface area (Å²) in [6, 6.07) is 0. The average Bonchev–Trinajstić information content (AvgIpc) is 2.94. The van der Waals surface area contributed by atoms with Gasteiger partial charge >= 0.3 is 0 Å². The van der Waals surface area contributed by atoms with Crippen LogP contribution in [0.1, 0.15) is 38.5 Å². The molecule has 1 aromatic heterocycles. The highest BCUT2D eigenvalue weighted by Crippen LogP contribution is 2.38. The number of nitrogens with one attached hydrogen (secondary N) is 2. The highest BCUT2D eigenvalue weighted by Gasteiger charge is 2.33. The molecule has 1 heterocycles. The second-order valence-corrected chi connectivity index (χ2v) is 6.09. The van der Waals surface area contributed by atoms with Crippen LogP contribution in [0.25, 0.3) is 0 Å². The average molecular weight is 344 g/mol. The number of carbonyl (C=O) groups is 2. The molecular formula is C15H26ClN5O2. The Morgan fingerprint density at radius 1 is 1.30 bits per heavy atom. The third-order valence-electron chi connectivity index (χ3n) is 4.38. The summed E-state index contributed by atoms with van der Waals surface area (Å²) in [4.78, 5) is 23.5. The fourth-order valence-corrected chi connectivity index (χ4v) is 3.04. The molecule has 0 radical (unpaired) electrons. The number of rotatable bonds is 6. The predicted molar refractivity (Wildman–Crippen MR) is 91.4 cm³/mol. The number of hydrogen-bond donors (Lipinski definition) is 3. The number of anilines is 1. The van der Waals surface area contributed by atoms with Crippen LogP contribution in [0.5, 0.6) is 0 Å². The molecule has 7 nitrogen and oxygen atoms in total. The zero-order chi connectivity index (χ0) is 16.0. The van der Waals surface area contributed by atoms with Crippen molar-refractivity contribution in [1.82, 2.24) is 15.1 Å². The van der Waals surface area contributed by atoms with Gasteiger partial charge in [-0.05, 0) is 24.8 Å². The first-order valence-electron chi connectivity index (χ1n) is 7.80. The minimum absolute atomic E-state index is 0. The largest absolute Gasteiger partial charge is 0.358 e. The molecule has 2 rings (SSSR count). The zero-order valence-electron chi connectivity index (χ0n) is 13.5. The monoisotopic (exact) mass is 343 g/mol. The summed E-state index contributed by atoms with van der Waals surface area (Å²) in [7, 11) is 1.57. The van der Waals surface area contributed by atoms with E-state index in [0.717, 1.165) is 25.7 Å². The molecule has 0 aromatic carbocycles. The topological polar surface area (TPSA) is 102 Å². The fourth-order valence-electron chi connectivity index (χ4n) is 3.04. The number of likely N-dealkylation sites (N-methyl/N-ethyl adjacent to an activating group) is 1.